The van der Waals surface area contributed by atoms with E-state index in [0.29, 0.717) is 24.4 Å². The van der Waals surface area contributed by atoms with Crippen molar-refractivity contribution in [3.63, 3.8) is 0 Å². The minimum absolute atomic E-state index is 0.0892. The molecule has 3 N–H and O–H groups in total. The largest absolute Gasteiger partial charge is 0.396 e. The lowest BCUT2D eigenvalue weighted by atomic mass is 9.94. The Morgan fingerprint density at radius 1 is 1.22 bits per heavy atom. The van der Waals surface area contributed by atoms with Crippen molar-refractivity contribution in [1.29, 1.82) is 0 Å². The first kappa shape index (κ1) is 19.4. The van der Waals surface area contributed by atoms with Crippen LogP contribution >= 0.6 is 0 Å². The Morgan fingerprint density at radius 2 is 1.91 bits per heavy atom. The van der Waals surface area contributed by atoms with Gasteiger partial charge in [0.2, 0.25) is 0 Å². The highest BCUT2D eigenvalue weighted by Gasteiger charge is 2.15. The van der Waals surface area contributed by atoms with E-state index in [0.717, 1.165) is 18.6 Å². The summed E-state index contributed by atoms with van der Waals surface area (Å²) in [4.78, 5) is 11.9. The third kappa shape index (κ3) is 6.95. The van der Waals surface area contributed by atoms with E-state index < -0.39 is 17.7 Å². The zero-order chi connectivity index (χ0) is 17.4. The molecule has 0 saturated heterocycles. The van der Waals surface area contributed by atoms with Crippen LogP contribution in [0.4, 0.5) is 13.6 Å². The normalized spacial score (nSPS) is 13.7. The summed E-state index contributed by atoms with van der Waals surface area (Å²) in [6, 6.07) is 2.76. The predicted molar refractivity (Wildman–Crippen MR) is 86.0 cm³/mol. The fraction of sp³-hybridized carbons (Fsp3) is 0.588. The molecule has 130 valence electrons. The highest BCUT2D eigenvalue weighted by molar-refractivity contribution is 5.74. The molecule has 0 aromatic heterocycles. The van der Waals surface area contributed by atoms with Crippen LogP contribution in [-0.4, -0.2) is 24.3 Å². The summed E-state index contributed by atoms with van der Waals surface area (Å²) < 4.78 is 26.1. The third-order valence-electron chi connectivity index (χ3n) is 3.68. The van der Waals surface area contributed by atoms with Crippen molar-refractivity contribution in [2.45, 2.75) is 39.7 Å². The standard InChI is InChI=1S/C17H26F2N2O2/c1-11(2)8-13(6-7-22)10-20-17(23)21-12(3)14-4-5-15(18)16(19)9-14/h4-5,9,11-13,22H,6-8,10H2,1-3H3,(H2,20,21,23). The number of hydrogen-bond donors (Lipinski definition) is 3. The summed E-state index contributed by atoms with van der Waals surface area (Å²) in [5.41, 5.74) is 0.494. The van der Waals surface area contributed by atoms with Gasteiger partial charge in [0.25, 0.3) is 0 Å². The zero-order valence-corrected chi connectivity index (χ0v) is 13.9. The zero-order valence-electron chi connectivity index (χ0n) is 13.9. The number of benzene rings is 1. The number of hydrogen-bond acceptors (Lipinski definition) is 2. The summed E-state index contributed by atoms with van der Waals surface area (Å²) in [5.74, 6) is -1.15. The molecule has 0 aliphatic heterocycles. The average molecular weight is 328 g/mol. The summed E-state index contributed by atoms with van der Waals surface area (Å²) in [5, 5.41) is 14.5. The molecule has 0 fully saturated rings. The quantitative estimate of drug-likeness (QED) is 0.685. The molecule has 0 bridgehead atoms. The van der Waals surface area contributed by atoms with Crippen LogP contribution < -0.4 is 10.6 Å². The predicted octanol–water partition coefficient (Wildman–Crippen LogP) is 3.37. The number of urea groups is 1. The first-order valence-corrected chi connectivity index (χ1v) is 7.93. The molecule has 23 heavy (non-hydrogen) atoms. The molecule has 2 amide bonds. The van der Waals surface area contributed by atoms with Gasteiger partial charge in [-0.25, -0.2) is 13.6 Å². The number of aliphatic hydroxyl groups excluding tert-OH is 1. The Balaban J connectivity index is 2.49. The molecule has 0 aliphatic rings. The first-order chi connectivity index (χ1) is 10.8. The minimum Gasteiger partial charge on any atom is -0.396 e. The van der Waals surface area contributed by atoms with Gasteiger partial charge >= 0.3 is 6.03 Å². The molecule has 0 radical (unpaired) electrons. The fourth-order valence-electron chi connectivity index (χ4n) is 2.50. The first-order valence-electron chi connectivity index (χ1n) is 7.93. The molecular weight excluding hydrogens is 302 g/mol. The van der Waals surface area contributed by atoms with Gasteiger partial charge in [-0.15, -0.1) is 0 Å². The Bertz CT molecular complexity index is 509. The molecule has 2 unspecified atom stereocenters. The fourth-order valence-corrected chi connectivity index (χ4v) is 2.50. The number of rotatable bonds is 8. The van der Waals surface area contributed by atoms with E-state index in [1.807, 2.05) is 0 Å². The second-order valence-corrected chi connectivity index (χ2v) is 6.26. The lowest BCUT2D eigenvalue weighted by Gasteiger charge is -2.20. The number of amides is 2. The summed E-state index contributed by atoms with van der Waals surface area (Å²) in [7, 11) is 0. The van der Waals surface area contributed by atoms with Crippen LogP contribution in [0.1, 0.15) is 45.2 Å². The SMILES string of the molecule is CC(C)CC(CCO)CNC(=O)NC(C)c1ccc(F)c(F)c1. The van der Waals surface area contributed by atoms with Gasteiger partial charge in [-0.1, -0.05) is 19.9 Å². The van der Waals surface area contributed by atoms with Crippen LogP contribution in [-0.2, 0) is 0 Å². The molecule has 0 heterocycles. The van der Waals surface area contributed by atoms with Crippen LogP contribution in [0.5, 0.6) is 0 Å². The second-order valence-electron chi connectivity index (χ2n) is 6.26. The van der Waals surface area contributed by atoms with E-state index in [4.69, 9.17) is 5.11 Å². The van der Waals surface area contributed by atoms with Crippen molar-refractivity contribution in [2.75, 3.05) is 13.2 Å². The molecule has 2 atom stereocenters. The molecule has 0 saturated carbocycles. The third-order valence-corrected chi connectivity index (χ3v) is 3.68. The van der Waals surface area contributed by atoms with Crippen molar-refractivity contribution in [3.05, 3.63) is 35.4 Å². The number of nitrogens with one attached hydrogen (secondary N) is 2. The van der Waals surface area contributed by atoms with Crippen LogP contribution in [0.2, 0.25) is 0 Å². The molecule has 6 heteroatoms. The van der Waals surface area contributed by atoms with Crippen LogP contribution in [0.15, 0.2) is 18.2 Å². The molecular formula is C17H26F2N2O2. The maximum atomic E-state index is 13.2. The Morgan fingerprint density at radius 3 is 2.48 bits per heavy atom. The minimum atomic E-state index is -0.934. The number of carbonyl (C=O) groups is 1. The van der Waals surface area contributed by atoms with Crippen LogP contribution in [0.25, 0.3) is 0 Å². The van der Waals surface area contributed by atoms with Crippen molar-refractivity contribution in [3.8, 4) is 0 Å². The van der Waals surface area contributed by atoms with E-state index in [9.17, 15) is 13.6 Å². The molecule has 4 nitrogen and oxygen atoms in total. The van der Waals surface area contributed by atoms with Crippen LogP contribution in [0.3, 0.4) is 0 Å². The Kier molecular flexibility index (Phi) is 7.95. The number of halogens is 2. The monoisotopic (exact) mass is 328 g/mol. The lowest BCUT2D eigenvalue weighted by molar-refractivity contribution is 0.223. The van der Waals surface area contributed by atoms with Gasteiger partial charge in [0.05, 0.1) is 6.04 Å². The van der Waals surface area contributed by atoms with E-state index in [2.05, 4.69) is 24.5 Å². The van der Waals surface area contributed by atoms with Crippen molar-refractivity contribution >= 4 is 6.03 Å². The topological polar surface area (TPSA) is 61.4 Å². The van der Waals surface area contributed by atoms with E-state index in [1.54, 1.807) is 6.92 Å². The van der Waals surface area contributed by atoms with E-state index in [-0.39, 0.29) is 18.6 Å². The van der Waals surface area contributed by atoms with Gasteiger partial charge in [0.1, 0.15) is 0 Å². The molecule has 1 aromatic rings. The highest BCUT2D eigenvalue weighted by atomic mass is 19.2. The van der Waals surface area contributed by atoms with Crippen molar-refractivity contribution in [1.82, 2.24) is 10.6 Å². The maximum Gasteiger partial charge on any atom is 0.315 e. The highest BCUT2D eigenvalue weighted by Crippen LogP contribution is 2.16. The summed E-state index contributed by atoms with van der Waals surface area (Å²) in [6.07, 6.45) is 1.55. The summed E-state index contributed by atoms with van der Waals surface area (Å²) in [6.45, 7) is 6.44. The summed E-state index contributed by atoms with van der Waals surface area (Å²) >= 11 is 0. The lowest BCUT2D eigenvalue weighted by Crippen LogP contribution is -2.39. The smallest absolute Gasteiger partial charge is 0.315 e. The number of carbonyl (C=O) groups excluding carboxylic acids is 1. The van der Waals surface area contributed by atoms with E-state index >= 15 is 0 Å². The van der Waals surface area contributed by atoms with Crippen molar-refractivity contribution < 1.29 is 18.7 Å². The molecule has 0 aliphatic carbocycles. The Labute approximate surface area is 136 Å². The van der Waals surface area contributed by atoms with Gasteiger partial charge in [0, 0.05) is 13.2 Å². The van der Waals surface area contributed by atoms with Crippen molar-refractivity contribution in [2.24, 2.45) is 11.8 Å². The molecule has 1 aromatic carbocycles. The Hall–Kier alpha value is -1.69. The second kappa shape index (κ2) is 9.45. The van der Waals surface area contributed by atoms with Gasteiger partial charge in [-0.05, 0) is 49.3 Å². The van der Waals surface area contributed by atoms with Crippen LogP contribution in [0, 0.1) is 23.5 Å². The molecule has 0 spiro atoms. The average Bonchev–Trinajstić information content (AvgIpc) is 2.47. The van der Waals surface area contributed by atoms with Gasteiger partial charge in [0.15, 0.2) is 11.6 Å². The molecule has 1 rings (SSSR count). The number of aliphatic hydroxyl groups is 1. The maximum absolute atomic E-state index is 13.2. The van der Waals surface area contributed by atoms with Gasteiger partial charge in [-0.2, -0.15) is 0 Å². The van der Waals surface area contributed by atoms with Gasteiger partial charge in [-0.3, -0.25) is 0 Å². The van der Waals surface area contributed by atoms with E-state index in [1.165, 1.54) is 6.07 Å². The van der Waals surface area contributed by atoms with Gasteiger partial charge < -0.3 is 15.7 Å².